The molecule has 0 radical (unpaired) electrons. The highest BCUT2D eigenvalue weighted by atomic mass is 32.2. The highest BCUT2D eigenvalue weighted by molar-refractivity contribution is 7.99. The number of H-pyrrole nitrogens is 1. The minimum Gasteiger partial charge on any atom is -0.396 e. The maximum atomic E-state index is 12.4. The number of hydrogen-bond donors (Lipinski definition) is 2. The maximum Gasteiger partial charge on any atom is 0.233 e. The fourth-order valence-corrected chi connectivity index (χ4v) is 3.96. The molecular formula is C17H23N3O2S. The van der Waals surface area contributed by atoms with Crippen LogP contribution in [0.1, 0.15) is 25.7 Å². The van der Waals surface area contributed by atoms with Crippen molar-refractivity contribution in [3.05, 3.63) is 24.3 Å². The third kappa shape index (κ3) is 3.87. The minimum atomic E-state index is 0.142. The largest absolute Gasteiger partial charge is 0.396 e. The summed E-state index contributed by atoms with van der Waals surface area (Å²) in [4.78, 5) is 22.0. The fourth-order valence-electron chi connectivity index (χ4n) is 3.15. The molecule has 0 spiro atoms. The summed E-state index contributed by atoms with van der Waals surface area (Å²) >= 11 is 1.45. The van der Waals surface area contributed by atoms with Gasteiger partial charge in [-0.2, -0.15) is 0 Å². The van der Waals surface area contributed by atoms with Gasteiger partial charge in [-0.15, -0.1) is 0 Å². The molecule has 1 amide bonds. The van der Waals surface area contributed by atoms with Crippen LogP contribution in [0.2, 0.25) is 0 Å². The number of nitrogens with one attached hydrogen (secondary N) is 1. The minimum absolute atomic E-state index is 0.142. The number of aliphatic hydroxyl groups is 1. The Morgan fingerprint density at radius 3 is 2.78 bits per heavy atom. The van der Waals surface area contributed by atoms with Gasteiger partial charge in [0, 0.05) is 19.7 Å². The van der Waals surface area contributed by atoms with Crippen molar-refractivity contribution in [3.63, 3.8) is 0 Å². The Morgan fingerprint density at radius 2 is 2.09 bits per heavy atom. The monoisotopic (exact) mass is 333 g/mol. The average molecular weight is 333 g/mol. The molecule has 1 saturated carbocycles. The Hall–Kier alpha value is -1.53. The smallest absolute Gasteiger partial charge is 0.233 e. The van der Waals surface area contributed by atoms with Gasteiger partial charge in [-0.05, 0) is 43.7 Å². The number of fused-ring (bicyclic) bond motifs is 1. The van der Waals surface area contributed by atoms with Gasteiger partial charge in [-0.1, -0.05) is 23.9 Å². The zero-order valence-corrected chi connectivity index (χ0v) is 14.2. The van der Waals surface area contributed by atoms with E-state index in [1.807, 2.05) is 36.2 Å². The molecule has 1 aliphatic rings. The molecule has 2 N–H and O–H groups in total. The quantitative estimate of drug-likeness (QED) is 0.826. The molecule has 0 atom stereocenters. The molecule has 0 aliphatic heterocycles. The lowest BCUT2D eigenvalue weighted by molar-refractivity contribution is -0.129. The van der Waals surface area contributed by atoms with Crippen molar-refractivity contribution in [3.8, 4) is 0 Å². The molecule has 1 aliphatic carbocycles. The Morgan fingerprint density at radius 1 is 1.35 bits per heavy atom. The van der Waals surface area contributed by atoms with E-state index in [9.17, 15) is 9.90 Å². The Bertz CT molecular complexity index is 632. The topological polar surface area (TPSA) is 69.2 Å². The van der Waals surface area contributed by atoms with Crippen molar-refractivity contribution in [2.45, 2.75) is 36.9 Å². The third-order valence-corrected chi connectivity index (χ3v) is 5.57. The SMILES string of the molecule is CN(C(=O)CSc1nc2ccccc2[nH]1)C1CCC(CO)CC1. The molecule has 2 aromatic rings. The van der Waals surface area contributed by atoms with Crippen molar-refractivity contribution in [2.75, 3.05) is 19.4 Å². The van der Waals surface area contributed by atoms with Crippen molar-refractivity contribution in [1.29, 1.82) is 0 Å². The number of aromatic amines is 1. The number of nitrogens with zero attached hydrogens (tertiary/aromatic N) is 2. The second-order valence-corrected chi connectivity index (χ2v) is 7.17. The van der Waals surface area contributed by atoms with Crippen LogP contribution in [0.15, 0.2) is 29.4 Å². The van der Waals surface area contributed by atoms with Crippen molar-refractivity contribution in [1.82, 2.24) is 14.9 Å². The lowest BCUT2D eigenvalue weighted by Crippen LogP contribution is -2.40. The van der Waals surface area contributed by atoms with E-state index in [-0.39, 0.29) is 12.5 Å². The normalized spacial score (nSPS) is 21.5. The van der Waals surface area contributed by atoms with E-state index in [2.05, 4.69) is 9.97 Å². The number of rotatable bonds is 5. The summed E-state index contributed by atoms with van der Waals surface area (Å²) in [6, 6.07) is 8.18. The van der Waals surface area contributed by atoms with Crippen LogP contribution >= 0.6 is 11.8 Å². The van der Waals surface area contributed by atoms with E-state index in [0.29, 0.717) is 17.7 Å². The Kier molecular flexibility index (Phi) is 5.23. The van der Waals surface area contributed by atoms with Gasteiger partial charge in [0.15, 0.2) is 5.16 Å². The van der Waals surface area contributed by atoms with Gasteiger partial charge in [0.05, 0.1) is 16.8 Å². The third-order valence-electron chi connectivity index (χ3n) is 4.72. The van der Waals surface area contributed by atoms with E-state index in [1.54, 1.807) is 0 Å². The fraction of sp³-hybridized carbons (Fsp3) is 0.529. The predicted octanol–water partition coefficient (Wildman–Crippen LogP) is 2.66. The standard InChI is InChI=1S/C17H23N3O2S/c1-20(13-8-6-12(10-21)7-9-13)16(22)11-23-17-18-14-4-2-3-5-15(14)19-17/h2-5,12-13,21H,6-11H2,1H3,(H,18,19). The van der Waals surface area contributed by atoms with Crippen LogP contribution in [0.4, 0.5) is 0 Å². The zero-order chi connectivity index (χ0) is 16.2. The van der Waals surface area contributed by atoms with Crippen molar-refractivity contribution >= 4 is 28.7 Å². The molecule has 3 rings (SSSR count). The van der Waals surface area contributed by atoms with Gasteiger partial charge in [0.1, 0.15) is 0 Å². The zero-order valence-electron chi connectivity index (χ0n) is 13.4. The van der Waals surface area contributed by atoms with Crippen LogP contribution < -0.4 is 0 Å². The van der Waals surface area contributed by atoms with E-state index < -0.39 is 0 Å². The van der Waals surface area contributed by atoms with Crippen LogP contribution in [0.25, 0.3) is 11.0 Å². The number of hydrogen-bond acceptors (Lipinski definition) is 4. The summed E-state index contributed by atoms with van der Waals surface area (Å²) in [5.41, 5.74) is 1.93. The van der Waals surface area contributed by atoms with Crippen molar-refractivity contribution < 1.29 is 9.90 Å². The Balaban J connectivity index is 1.52. The summed E-state index contributed by atoms with van der Waals surface area (Å²) < 4.78 is 0. The lowest BCUT2D eigenvalue weighted by Gasteiger charge is -2.34. The molecule has 0 unspecified atom stereocenters. The number of thioether (sulfide) groups is 1. The molecule has 23 heavy (non-hydrogen) atoms. The van der Waals surface area contributed by atoms with E-state index in [1.165, 1.54) is 11.8 Å². The summed E-state index contributed by atoms with van der Waals surface area (Å²) in [5, 5.41) is 9.99. The van der Waals surface area contributed by atoms with Crippen LogP contribution in [-0.2, 0) is 4.79 Å². The molecule has 1 aromatic heterocycles. The highest BCUT2D eigenvalue weighted by Gasteiger charge is 2.26. The number of carbonyl (C=O) groups excluding carboxylic acids is 1. The first kappa shape index (κ1) is 16.3. The van der Waals surface area contributed by atoms with Gasteiger partial charge < -0.3 is 15.0 Å². The van der Waals surface area contributed by atoms with Gasteiger partial charge >= 0.3 is 0 Å². The average Bonchev–Trinajstić information content (AvgIpc) is 3.02. The second-order valence-electron chi connectivity index (χ2n) is 6.21. The first-order valence-corrected chi connectivity index (χ1v) is 9.10. The number of carbonyl (C=O) groups is 1. The summed E-state index contributed by atoms with van der Waals surface area (Å²) in [6.07, 6.45) is 4.00. The first-order chi connectivity index (χ1) is 11.2. The molecule has 0 saturated heterocycles. The second kappa shape index (κ2) is 7.36. The summed E-state index contributed by atoms with van der Waals surface area (Å²) in [5.74, 6) is 0.957. The number of aliphatic hydroxyl groups excluding tert-OH is 1. The van der Waals surface area contributed by atoms with Gasteiger partial charge in [0.25, 0.3) is 0 Å². The summed E-state index contributed by atoms with van der Waals surface area (Å²) in [7, 11) is 1.89. The molecule has 124 valence electrons. The van der Waals surface area contributed by atoms with Gasteiger partial charge in [-0.3, -0.25) is 4.79 Å². The van der Waals surface area contributed by atoms with E-state index >= 15 is 0 Å². The number of aromatic nitrogens is 2. The lowest BCUT2D eigenvalue weighted by atomic mass is 9.86. The van der Waals surface area contributed by atoms with Crippen LogP contribution in [0.3, 0.4) is 0 Å². The Labute approximate surface area is 140 Å². The molecule has 1 fully saturated rings. The van der Waals surface area contributed by atoms with Crippen LogP contribution in [-0.4, -0.2) is 51.3 Å². The molecule has 1 heterocycles. The predicted molar refractivity (Wildman–Crippen MR) is 92.4 cm³/mol. The molecule has 5 nitrogen and oxygen atoms in total. The molecule has 0 bridgehead atoms. The summed E-state index contributed by atoms with van der Waals surface area (Å²) in [6.45, 7) is 0.270. The first-order valence-electron chi connectivity index (χ1n) is 8.11. The van der Waals surface area contributed by atoms with Gasteiger partial charge in [0.2, 0.25) is 5.91 Å². The van der Waals surface area contributed by atoms with Crippen LogP contribution in [0, 0.1) is 5.92 Å². The maximum absolute atomic E-state index is 12.4. The molecule has 6 heteroatoms. The number of imidazole rings is 1. The van der Waals surface area contributed by atoms with E-state index in [0.717, 1.165) is 41.9 Å². The number of amides is 1. The number of para-hydroxylation sites is 2. The highest BCUT2D eigenvalue weighted by Crippen LogP contribution is 2.27. The molecule has 1 aromatic carbocycles. The van der Waals surface area contributed by atoms with E-state index in [4.69, 9.17) is 0 Å². The number of benzene rings is 1. The van der Waals surface area contributed by atoms with Crippen LogP contribution in [0.5, 0.6) is 0 Å². The van der Waals surface area contributed by atoms with Gasteiger partial charge in [-0.25, -0.2) is 4.98 Å². The molecular weight excluding hydrogens is 310 g/mol. The van der Waals surface area contributed by atoms with Crippen molar-refractivity contribution in [2.24, 2.45) is 5.92 Å².